The second kappa shape index (κ2) is 12.4. The molecule has 7 heteroatoms. The van der Waals surface area contributed by atoms with Gasteiger partial charge in [-0.3, -0.25) is 14.6 Å². The van der Waals surface area contributed by atoms with Crippen LogP contribution >= 0.6 is 0 Å². The lowest BCUT2D eigenvalue weighted by Crippen LogP contribution is -2.38. The van der Waals surface area contributed by atoms with Crippen molar-refractivity contribution in [1.29, 1.82) is 0 Å². The van der Waals surface area contributed by atoms with Gasteiger partial charge >= 0.3 is 5.97 Å². The first-order valence-corrected chi connectivity index (χ1v) is 13.9. The Bertz CT molecular complexity index is 1490. The predicted molar refractivity (Wildman–Crippen MR) is 157 cm³/mol. The molecule has 3 atom stereocenters. The van der Waals surface area contributed by atoms with Gasteiger partial charge in [-0.05, 0) is 67.1 Å². The average Bonchev–Trinajstić information content (AvgIpc) is 2.99. The van der Waals surface area contributed by atoms with E-state index in [2.05, 4.69) is 0 Å². The van der Waals surface area contributed by atoms with Gasteiger partial charge in [-0.2, -0.15) is 0 Å². The minimum absolute atomic E-state index is 0.0165. The number of rotatable bonds is 9. The summed E-state index contributed by atoms with van der Waals surface area (Å²) < 4.78 is 22.5. The number of hydrogen-bond donors (Lipinski definition) is 0. The summed E-state index contributed by atoms with van der Waals surface area (Å²) in [6.45, 7) is 4.29. The number of methoxy groups -OCH3 is 2. The fourth-order valence-corrected chi connectivity index (χ4v) is 5.84. The van der Waals surface area contributed by atoms with Crippen LogP contribution in [0.5, 0.6) is 17.2 Å². The summed E-state index contributed by atoms with van der Waals surface area (Å²) >= 11 is 0. The Kier molecular flexibility index (Phi) is 8.53. The Labute approximate surface area is 240 Å². The molecule has 3 aromatic carbocycles. The standard InChI is InChI=1S/C34H35NO6/c1-5-40-34(37)31-21(2)35-27-17-25(23-14-15-29(38-3)30(19-23)39-4)18-28(36)33(27)32(31)24-12-9-13-26(16-24)41-20-22-10-7-6-8-11-22/h6-16,19,25,31-32H,5,17-18,20H2,1-4H3/t25-,31?,32-/m1/s1. The highest BCUT2D eigenvalue weighted by Crippen LogP contribution is 2.48. The largest absolute Gasteiger partial charge is 0.493 e. The van der Waals surface area contributed by atoms with Gasteiger partial charge in [0.15, 0.2) is 17.3 Å². The van der Waals surface area contributed by atoms with Crippen molar-refractivity contribution in [3.8, 4) is 17.2 Å². The summed E-state index contributed by atoms with van der Waals surface area (Å²) in [5, 5.41) is 0. The zero-order valence-electron chi connectivity index (χ0n) is 23.9. The lowest BCUT2D eigenvalue weighted by Gasteiger charge is -2.36. The summed E-state index contributed by atoms with van der Waals surface area (Å²) in [7, 11) is 3.20. The molecule has 3 aromatic rings. The summed E-state index contributed by atoms with van der Waals surface area (Å²) in [5.41, 5.74) is 4.81. The predicted octanol–water partition coefficient (Wildman–Crippen LogP) is 6.42. The van der Waals surface area contributed by atoms with Crippen LogP contribution in [0.25, 0.3) is 0 Å². The maximum absolute atomic E-state index is 13.9. The van der Waals surface area contributed by atoms with Crippen molar-refractivity contribution in [1.82, 2.24) is 0 Å². The minimum Gasteiger partial charge on any atom is -0.493 e. The molecule has 0 radical (unpaired) electrons. The molecule has 0 aromatic heterocycles. The topological polar surface area (TPSA) is 83.4 Å². The number of allylic oxidation sites excluding steroid dienone is 2. The van der Waals surface area contributed by atoms with E-state index >= 15 is 0 Å². The normalized spacial score (nSPS) is 20.1. The molecule has 0 amide bonds. The van der Waals surface area contributed by atoms with Crippen LogP contribution in [0.3, 0.4) is 0 Å². The van der Waals surface area contributed by atoms with Crippen molar-refractivity contribution in [2.24, 2.45) is 10.9 Å². The third kappa shape index (κ3) is 5.89. The number of aliphatic imine (C=N–C) groups is 1. The number of esters is 1. The Balaban J connectivity index is 1.51. The van der Waals surface area contributed by atoms with E-state index in [1.165, 1.54) is 0 Å². The zero-order chi connectivity index (χ0) is 28.9. The van der Waals surface area contributed by atoms with Gasteiger partial charge in [-0.25, -0.2) is 0 Å². The number of hydrogen-bond acceptors (Lipinski definition) is 7. The molecule has 0 N–H and O–H groups in total. The molecule has 0 saturated heterocycles. The van der Waals surface area contributed by atoms with Gasteiger partial charge in [0.05, 0.1) is 20.8 Å². The van der Waals surface area contributed by atoms with E-state index in [4.69, 9.17) is 23.9 Å². The lowest BCUT2D eigenvalue weighted by molar-refractivity contribution is -0.146. The van der Waals surface area contributed by atoms with Crippen LogP contribution in [0, 0.1) is 5.92 Å². The second-order valence-corrected chi connectivity index (χ2v) is 10.3. The molecule has 1 unspecified atom stereocenters. The van der Waals surface area contributed by atoms with Gasteiger partial charge in [0.25, 0.3) is 0 Å². The first-order chi connectivity index (χ1) is 19.9. The Hall–Kier alpha value is -4.39. The van der Waals surface area contributed by atoms with Crippen LogP contribution in [0.2, 0.25) is 0 Å². The molecule has 41 heavy (non-hydrogen) atoms. The van der Waals surface area contributed by atoms with Gasteiger partial charge in [-0.15, -0.1) is 0 Å². The van der Waals surface area contributed by atoms with Crippen LogP contribution in [-0.4, -0.2) is 38.3 Å². The molecular weight excluding hydrogens is 518 g/mol. The monoisotopic (exact) mass is 553 g/mol. The lowest BCUT2D eigenvalue weighted by atomic mass is 9.69. The van der Waals surface area contributed by atoms with Gasteiger partial charge in [-0.1, -0.05) is 48.5 Å². The van der Waals surface area contributed by atoms with Crippen LogP contribution in [-0.2, 0) is 20.9 Å². The van der Waals surface area contributed by atoms with Gasteiger partial charge in [0, 0.05) is 29.3 Å². The summed E-state index contributed by atoms with van der Waals surface area (Å²) in [6, 6.07) is 23.3. The van der Waals surface area contributed by atoms with E-state index in [1.54, 1.807) is 21.1 Å². The van der Waals surface area contributed by atoms with Crippen molar-refractivity contribution in [2.45, 2.75) is 45.1 Å². The van der Waals surface area contributed by atoms with Crippen molar-refractivity contribution in [2.75, 3.05) is 20.8 Å². The number of carbonyl (C=O) groups excluding carboxylic acids is 2. The molecule has 0 saturated carbocycles. The highest BCUT2D eigenvalue weighted by atomic mass is 16.5. The third-order valence-corrected chi connectivity index (χ3v) is 7.77. The van der Waals surface area contributed by atoms with E-state index in [0.29, 0.717) is 48.0 Å². The number of carbonyl (C=O) groups is 2. The fraction of sp³-hybridized carbons (Fsp3) is 0.324. The first kappa shape index (κ1) is 28.1. The average molecular weight is 554 g/mol. The van der Waals surface area contributed by atoms with E-state index in [-0.39, 0.29) is 24.3 Å². The highest BCUT2D eigenvalue weighted by Gasteiger charge is 2.45. The number of ether oxygens (including phenoxy) is 4. The van der Waals surface area contributed by atoms with E-state index in [0.717, 1.165) is 22.4 Å². The Morgan fingerprint density at radius 2 is 1.68 bits per heavy atom. The van der Waals surface area contributed by atoms with E-state index < -0.39 is 11.8 Å². The van der Waals surface area contributed by atoms with Crippen LogP contribution < -0.4 is 14.2 Å². The summed E-state index contributed by atoms with van der Waals surface area (Å²) in [5.74, 6) is 0.249. The second-order valence-electron chi connectivity index (χ2n) is 10.3. The molecule has 0 fully saturated rings. The van der Waals surface area contributed by atoms with Crippen molar-refractivity contribution in [3.05, 3.63) is 101 Å². The summed E-state index contributed by atoms with van der Waals surface area (Å²) in [4.78, 5) is 32.1. The molecule has 1 aliphatic carbocycles. The molecule has 212 valence electrons. The molecule has 1 aliphatic heterocycles. The molecule has 2 aliphatic rings. The number of nitrogens with zero attached hydrogens (tertiary/aromatic N) is 1. The van der Waals surface area contributed by atoms with Crippen molar-refractivity contribution in [3.63, 3.8) is 0 Å². The molecule has 0 bridgehead atoms. The van der Waals surface area contributed by atoms with Crippen LogP contribution in [0.1, 0.15) is 55.2 Å². The smallest absolute Gasteiger partial charge is 0.315 e. The summed E-state index contributed by atoms with van der Waals surface area (Å²) in [6.07, 6.45) is 0.878. The fourth-order valence-electron chi connectivity index (χ4n) is 5.84. The molecule has 1 heterocycles. The third-order valence-electron chi connectivity index (χ3n) is 7.77. The molecule has 0 spiro atoms. The maximum atomic E-state index is 13.9. The maximum Gasteiger partial charge on any atom is 0.315 e. The van der Waals surface area contributed by atoms with Crippen LogP contribution in [0.4, 0.5) is 0 Å². The van der Waals surface area contributed by atoms with Gasteiger partial charge in [0.2, 0.25) is 0 Å². The first-order valence-electron chi connectivity index (χ1n) is 13.9. The van der Waals surface area contributed by atoms with E-state index in [9.17, 15) is 9.59 Å². The number of benzene rings is 3. The van der Waals surface area contributed by atoms with E-state index in [1.807, 2.05) is 79.7 Å². The minimum atomic E-state index is -0.695. The van der Waals surface area contributed by atoms with Crippen molar-refractivity contribution >= 4 is 17.5 Å². The van der Waals surface area contributed by atoms with Gasteiger partial charge in [0.1, 0.15) is 18.3 Å². The highest BCUT2D eigenvalue weighted by molar-refractivity contribution is 6.09. The SMILES string of the molecule is CCOC(=O)C1C(C)=NC2=C(C(=O)C[C@H](c3ccc(OC)c(OC)c3)C2)[C@@H]1c1cccc(OCc2ccccc2)c1. The van der Waals surface area contributed by atoms with Gasteiger partial charge < -0.3 is 18.9 Å². The van der Waals surface area contributed by atoms with Crippen LogP contribution in [0.15, 0.2) is 89.1 Å². The quantitative estimate of drug-likeness (QED) is 0.284. The van der Waals surface area contributed by atoms with Crippen molar-refractivity contribution < 1.29 is 28.5 Å². The zero-order valence-corrected chi connectivity index (χ0v) is 23.9. The Morgan fingerprint density at radius 1 is 0.902 bits per heavy atom. The Morgan fingerprint density at radius 3 is 2.41 bits per heavy atom. The molecule has 7 nitrogen and oxygen atoms in total. The molecule has 5 rings (SSSR count). The molecular formula is C34H35NO6. The number of ketones is 1. The number of Topliss-reactive ketones (excluding diaryl/α,β-unsaturated/α-hetero) is 1.